The highest BCUT2D eigenvalue weighted by Gasteiger charge is 2.23. The molecular weight excluding hydrogens is 422 g/mol. The lowest BCUT2D eigenvalue weighted by atomic mass is 10.0. The second-order valence-electron chi connectivity index (χ2n) is 6.74. The minimum Gasteiger partial charge on any atom is -0.484 e. The zero-order valence-electron chi connectivity index (χ0n) is 17.0. The van der Waals surface area contributed by atoms with E-state index in [-0.39, 0.29) is 19.1 Å². The second-order valence-corrected chi connectivity index (χ2v) is 8.06. The van der Waals surface area contributed by atoms with Gasteiger partial charge in [-0.1, -0.05) is 29.8 Å². The number of carbonyl (C=O) groups excluding carboxylic acids is 2. The van der Waals surface area contributed by atoms with E-state index in [1.807, 2.05) is 49.6 Å². The number of amides is 1. The van der Waals surface area contributed by atoms with Crippen LogP contribution in [0.1, 0.15) is 28.4 Å². The Morgan fingerprint density at radius 3 is 2.37 bits per heavy atom. The number of hydrogen-bond donors (Lipinski definition) is 1. The zero-order chi connectivity index (χ0) is 21.7. The van der Waals surface area contributed by atoms with Crippen LogP contribution in [0.3, 0.4) is 0 Å². The predicted octanol–water partition coefficient (Wildman–Crippen LogP) is 5.88. The summed E-state index contributed by atoms with van der Waals surface area (Å²) in [4.78, 5) is 25.1. The maximum absolute atomic E-state index is 12.6. The minimum absolute atomic E-state index is 0.167. The van der Waals surface area contributed by atoms with Gasteiger partial charge >= 0.3 is 5.97 Å². The maximum Gasteiger partial charge on any atom is 0.341 e. The molecule has 7 heteroatoms. The van der Waals surface area contributed by atoms with Crippen molar-refractivity contribution < 1.29 is 19.1 Å². The Morgan fingerprint density at radius 1 is 1.07 bits per heavy atom. The van der Waals surface area contributed by atoms with Crippen molar-refractivity contribution in [3.05, 3.63) is 69.6 Å². The second kappa shape index (κ2) is 9.78. The number of halogens is 1. The van der Waals surface area contributed by atoms with Crippen molar-refractivity contribution in [3.63, 3.8) is 0 Å². The molecule has 0 saturated carbocycles. The van der Waals surface area contributed by atoms with Crippen LogP contribution >= 0.6 is 22.9 Å². The molecule has 0 radical (unpaired) electrons. The first-order chi connectivity index (χ1) is 14.4. The molecule has 3 rings (SSSR count). The fourth-order valence-corrected chi connectivity index (χ4v) is 4.13. The van der Waals surface area contributed by atoms with Gasteiger partial charge in [0.1, 0.15) is 16.3 Å². The van der Waals surface area contributed by atoms with Gasteiger partial charge in [0.2, 0.25) is 0 Å². The van der Waals surface area contributed by atoms with Gasteiger partial charge in [-0.25, -0.2) is 4.79 Å². The van der Waals surface area contributed by atoms with Crippen LogP contribution in [-0.2, 0) is 9.53 Å². The standard InChI is InChI=1S/C23H22ClNO4S/c1-4-28-23(27)21-19(16-5-7-17(24)8-6-16)13-30-22(21)25-20(26)12-29-18-10-14(2)9-15(3)11-18/h5-11,13H,4,12H2,1-3H3,(H,25,26). The topological polar surface area (TPSA) is 64.6 Å². The monoisotopic (exact) mass is 443 g/mol. The average molecular weight is 444 g/mol. The first kappa shape index (κ1) is 21.9. The molecule has 1 N–H and O–H groups in total. The van der Waals surface area contributed by atoms with Gasteiger partial charge in [0, 0.05) is 16.0 Å². The summed E-state index contributed by atoms with van der Waals surface area (Å²) in [7, 11) is 0. The van der Waals surface area contributed by atoms with Crippen LogP contribution < -0.4 is 10.1 Å². The third-order valence-electron chi connectivity index (χ3n) is 4.24. The van der Waals surface area contributed by atoms with Gasteiger partial charge < -0.3 is 14.8 Å². The Balaban J connectivity index is 1.79. The third kappa shape index (κ3) is 5.40. The number of anilines is 1. The van der Waals surface area contributed by atoms with Crippen molar-refractivity contribution in [2.75, 3.05) is 18.5 Å². The lowest BCUT2D eigenvalue weighted by Crippen LogP contribution is -2.21. The number of hydrogen-bond acceptors (Lipinski definition) is 5. The van der Waals surface area contributed by atoms with E-state index in [9.17, 15) is 9.59 Å². The van der Waals surface area contributed by atoms with Gasteiger partial charge in [-0.2, -0.15) is 0 Å². The molecule has 0 bridgehead atoms. The highest BCUT2D eigenvalue weighted by Crippen LogP contribution is 2.36. The summed E-state index contributed by atoms with van der Waals surface area (Å²) in [5.41, 5.74) is 3.93. The molecular formula is C23H22ClNO4S. The van der Waals surface area contributed by atoms with Crippen LogP contribution in [0, 0.1) is 13.8 Å². The summed E-state index contributed by atoms with van der Waals surface area (Å²) in [5.74, 6) is -0.222. The van der Waals surface area contributed by atoms with Crippen molar-refractivity contribution >= 4 is 39.8 Å². The highest BCUT2D eigenvalue weighted by molar-refractivity contribution is 7.15. The molecule has 156 valence electrons. The number of esters is 1. The van der Waals surface area contributed by atoms with Crippen LogP contribution in [0.2, 0.25) is 5.02 Å². The third-order valence-corrected chi connectivity index (χ3v) is 5.39. The van der Waals surface area contributed by atoms with Crippen molar-refractivity contribution in [1.82, 2.24) is 0 Å². The molecule has 0 saturated heterocycles. The molecule has 0 spiro atoms. The first-order valence-electron chi connectivity index (χ1n) is 9.43. The van der Waals surface area contributed by atoms with E-state index in [2.05, 4.69) is 5.32 Å². The van der Waals surface area contributed by atoms with E-state index in [0.717, 1.165) is 16.7 Å². The number of carbonyl (C=O) groups is 2. The van der Waals surface area contributed by atoms with Gasteiger partial charge in [-0.05, 0) is 61.7 Å². The molecule has 2 aromatic carbocycles. The maximum atomic E-state index is 12.6. The molecule has 1 aromatic heterocycles. The summed E-state index contributed by atoms with van der Waals surface area (Å²) in [5, 5.41) is 5.62. The van der Waals surface area contributed by atoms with Gasteiger partial charge in [0.15, 0.2) is 6.61 Å². The molecule has 1 amide bonds. The van der Waals surface area contributed by atoms with Crippen molar-refractivity contribution in [2.45, 2.75) is 20.8 Å². The summed E-state index contributed by atoms with van der Waals surface area (Å²) in [6.07, 6.45) is 0. The Bertz CT molecular complexity index is 1040. The molecule has 0 aliphatic carbocycles. The van der Waals surface area contributed by atoms with E-state index in [4.69, 9.17) is 21.1 Å². The van der Waals surface area contributed by atoms with E-state index >= 15 is 0 Å². The van der Waals surface area contributed by atoms with E-state index in [1.165, 1.54) is 11.3 Å². The quantitative estimate of drug-likeness (QED) is 0.463. The molecule has 1 heterocycles. The molecule has 0 fully saturated rings. The SMILES string of the molecule is CCOC(=O)c1c(-c2ccc(Cl)cc2)csc1NC(=O)COc1cc(C)cc(C)c1. The van der Waals surface area contributed by atoms with E-state index < -0.39 is 5.97 Å². The minimum atomic E-state index is -0.491. The molecule has 30 heavy (non-hydrogen) atoms. The Kier molecular flexibility index (Phi) is 7.13. The molecule has 0 atom stereocenters. The zero-order valence-corrected chi connectivity index (χ0v) is 18.5. The van der Waals surface area contributed by atoms with E-state index in [1.54, 1.807) is 19.1 Å². The molecule has 3 aromatic rings. The molecule has 0 unspecified atom stereocenters. The first-order valence-corrected chi connectivity index (χ1v) is 10.7. The van der Waals surface area contributed by atoms with Crippen molar-refractivity contribution in [3.8, 4) is 16.9 Å². The number of rotatable bonds is 7. The average Bonchev–Trinajstić information content (AvgIpc) is 3.10. The summed E-state index contributed by atoms with van der Waals surface area (Å²) >= 11 is 7.23. The number of benzene rings is 2. The Hall–Kier alpha value is -2.83. The normalized spacial score (nSPS) is 10.5. The predicted molar refractivity (Wildman–Crippen MR) is 121 cm³/mol. The van der Waals surface area contributed by atoms with Crippen LogP contribution in [-0.4, -0.2) is 25.1 Å². The van der Waals surface area contributed by atoms with Crippen molar-refractivity contribution in [2.24, 2.45) is 0 Å². The number of aryl methyl sites for hydroxylation is 2. The number of nitrogens with one attached hydrogen (secondary N) is 1. The van der Waals surface area contributed by atoms with Gasteiger partial charge in [-0.3, -0.25) is 4.79 Å². The Morgan fingerprint density at radius 2 is 1.73 bits per heavy atom. The molecule has 0 aliphatic heterocycles. The molecule has 0 aliphatic rings. The lowest BCUT2D eigenvalue weighted by molar-refractivity contribution is -0.118. The lowest BCUT2D eigenvalue weighted by Gasteiger charge is -2.10. The Labute approximate surface area is 184 Å². The van der Waals surface area contributed by atoms with Gasteiger partial charge in [-0.15, -0.1) is 11.3 Å². The fraction of sp³-hybridized carbons (Fsp3) is 0.217. The smallest absolute Gasteiger partial charge is 0.341 e. The van der Waals surface area contributed by atoms with Crippen LogP contribution in [0.15, 0.2) is 47.8 Å². The number of ether oxygens (including phenoxy) is 2. The van der Waals surface area contributed by atoms with Crippen LogP contribution in [0.4, 0.5) is 5.00 Å². The highest BCUT2D eigenvalue weighted by atomic mass is 35.5. The summed E-state index contributed by atoms with van der Waals surface area (Å²) in [6.45, 7) is 5.74. The molecule has 5 nitrogen and oxygen atoms in total. The number of thiophene rings is 1. The summed E-state index contributed by atoms with van der Waals surface area (Å²) in [6, 6.07) is 12.9. The van der Waals surface area contributed by atoms with Crippen LogP contribution in [0.25, 0.3) is 11.1 Å². The summed E-state index contributed by atoms with van der Waals surface area (Å²) < 4.78 is 10.8. The van der Waals surface area contributed by atoms with Crippen molar-refractivity contribution in [1.29, 1.82) is 0 Å². The fourth-order valence-electron chi connectivity index (χ4n) is 3.03. The largest absolute Gasteiger partial charge is 0.484 e. The van der Waals surface area contributed by atoms with Crippen LogP contribution in [0.5, 0.6) is 5.75 Å². The van der Waals surface area contributed by atoms with Gasteiger partial charge in [0.05, 0.1) is 6.61 Å². The van der Waals surface area contributed by atoms with E-state index in [0.29, 0.717) is 26.9 Å². The van der Waals surface area contributed by atoms with Gasteiger partial charge in [0.25, 0.3) is 5.91 Å².